The molecule has 0 aliphatic carbocycles. The largest absolute Gasteiger partial charge is 1.00 e. The van der Waals surface area contributed by atoms with E-state index in [1.807, 2.05) is 17.4 Å². The molecule has 0 atom stereocenters. The van der Waals surface area contributed by atoms with Gasteiger partial charge >= 0.3 is 0 Å². The first-order valence-corrected chi connectivity index (χ1v) is 5.54. The van der Waals surface area contributed by atoms with Crippen molar-refractivity contribution in [1.29, 1.82) is 0 Å². The smallest absolute Gasteiger partial charge is 0.235 e. The van der Waals surface area contributed by atoms with Crippen molar-refractivity contribution in [3.05, 3.63) is 41.4 Å². The summed E-state index contributed by atoms with van der Waals surface area (Å²) in [7, 11) is 0. The van der Waals surface area contributed by atoms with Crippen LogP contribution in [0.1, 0.15) is 10.6 Å². The Morgan fingerprint density at radius 2 is 2.13 bits per heavy atom. The highest BCUT2D eigenvalue weighted by molar-refractivity contribution is 7.18. The van der Waals surface area contributed by atoms with E-state index >= 15 is 0 Å². The molecule has 0 amide bonds. The van der Waals surface area contributed by atoms with Gasteiger partial charge in [0.15, 0.2) is 6.54 Å². The molecule has 1 heterocycles. The van der Waals surface area contributed by atoms with Gasteiger partial charge in [0.25, 0.3) is 0 Å². The Bertz CT molecular complexity index is 488. The Labute approximate surface area is 105 Å². The fraction of sp³-hybridized carbons (Fsp3) is 0.250. The molecule has 15 heavy (non-hydrogen) atoms. The van der Waals surface area contributed by atoms with Gasteiger partial charge in [-0.25, -0.2) is 0 Å². The average molecular weight is 284 g/mol. The van der Waals surface area contributed by atoms with E-state index in [1.54, 1.807) is 0 Å². The number of benzene rings is 1. The van der Waals surface area contributed by atoms with Gasteiger partial charge in [-0.15, -0.1) is 0 Å². The molecule has 0 bridgehead atoms. The van der Waals surface area contributed by atoms with Crippen molar-refractivity contribution in [3.8, 4) is 0 Å². The van der Waals surface area contributed by atoms with Crippen LogP contribution in [-0.4, -0.2) is 0 Å². The lowest BCUT2D eigenvalue weighted by atomic mass is 10.2. The zero-order valence-corrected chi connectivity index (χ0v) is 11.4. The van der Waals surface area contributed by atoms with Gasteiger partial charge in [0.2, 0.25) is 10.5 Å². The standard InChI is InChI=1S/C12H14NS.BrH/c1-4-7-13-10(3)14-12-8-9(2)5-6-11(12)13;/h4-6,8H,1,7H2,2-3H3;1H/q+1;/p-1. The third-order valence-corrected chi connectivity index (χ3v) is 3.42. The first-order chi connectivity index (χ1) is 6.72. The van der Waals surface area contributed by atoms with E-state index in [9.17, 15) is 0 Å². The average Bonchev–Trinajstić information content (AvgIpc) is 2.43. The van der Waals surface area contributed by atoms with Crippen LogP contribution < -0.4 is 21.5 Å². The predicted octanol–water partition coefficient (Wildman–Crippen LogP) is -0.00436. The maximum Gasteiger partial charge on any atom is 0.235 e. The lowest BCUT2D eigenvalue weighted by Gasteiger charge is -1.91. The van der Waals surface area contributed by atoms with Gasteiger partial charge < -0.3 is 17.0 Å². The highest BCUT2D eigenvalue weighted by Crippen LogP contribution is 2.20. The van der Waals surface area contributed by atoms with Gasteiger partial charge in [-0.05, 0) is 24.6 Å². The Hall–Kier alpha value is -0.670. The van der Waals surface area contributed by atoms with Crippen LogP contribution in [0, 0.1) is 13.8 Å². The SMILES string of the molecule is C=CC[n+]1c(C)sc2cc(C)ccc21.[Br-]. The van der Waals surface area contributed by atoms with Crippen molar-refractivity contribution in [3.63, 3.8) is 0 Å². The van der Waals surface area contributed by atoms with Crippen molar-refractivity contribution in [2.45, 2.75) is 20.4 Å². The number of halogens is 1. The second-order valence-electron chi connectivity index (χ2n) is 3.49. The number of aryl methyl sites for hydroxylation is 2. The Kier molecular flexibility index (Phi) is 4.05. The van der Waals surface area contributed by atoms with Gasteiger partial charge in [-0.2, -0.15) is 4.57 Å². The lowest BCUT2D eigenvalue weighted by molar-refractivity contribution is -0.662. The predicted molar refractivity (Wildman–Crippen MR) is 61.7 cm³/mol. The van der Waals surface area contributed by atoms with Crippen LogP contribution in [0.15, 0.2) is 30.9 Å². The van der Waals surface area contributed by atoms with E-state index in [-0.39, 0.29) is 17.0 Å². The molecule has 1 aromatic carbocycles. The number of hydrogen-bond acceptors (Lipinski definition) is 1. The van der Waals surface area contributed by atoms with Gasteiger partial charge in [0.1, 0.15) is 4.70 Å². The molecular weight excluding hydrogens is 270 g/mol. The molecule has 0 radical (unpaired) electrons. The summed E-state index contributed by atoms with van der Waals surface area (Å²) in [6, 6.07) is 6.60. The molecule has 3 heteroatoms. The quantitative estimate of drug-likeness (QED) is 0.540. The van der Waals surface area contributed by atoms with Gasteiger partial charge in [0.05, 0.1) is 0 Å². The third kappa shape index (κ3) is 2.29. The van der Waals surface area contributed by atoms with E-state index in [0.717, 1.165) is 6.54 Å². The molecule has 2 aromatic rings. The maximum absolute atomic E-state index is 3.78. The Morgan fingerprint density at radius 1 is 1.40 bits per heavy atom. The number of aromatic nitrogens is 1. The van der Waals surface area contributed by atoms with Crippen LogP contribution in [0.4, 0.5) is 0 Å². The molecule has 1 aromatic heterocycles. The zero-order chi connectivity index (χ0) is 10.1. The van der Waals surface area contributed by atoms with E-state index in [0.29, 0.717) is 0 Å². The summed E-state index contributed by atoms with van der Waals surface area (Å²) in [6.45, 7) is 8.97. The molecule has 0 aliphatic heterocycles. The third-order valence-electron chi connectivity index (χ3n) is 2.36. The highest BCUT2D eigenvalue weighted by atomic mass is 79.9. The van der Waals surface area contributed by atoms with E-state index in [4.69, 9.17) is 0 Å². The van der Waals surface area contributed by atoms with Crippen LogP contribution in [0.2, 0.25) is 0 Å². The number of fused-ring (bicyclic) bond motifs is 1. The normalized spacial score (nSPS) is 10.0. The molecule has 0 spiro atoms. The molecule has 1 nitrogen and oxygen atoms in total. The van der Waals surface area contributed by atoms with Crippen LogP contribution in [0.25, 0.3) is 10.2 Å². The topological polar surface area (TPSA) is 3.88 Å². The summed E-state index contributed by atoms with van der Waals surface area (Å²) >= 11 is 1.85. The molecule has 80 valence electrons. The number of hydrogen-bond donors (Lipinski definition) is 0. The zero-order valence-electron chi connectivity index (χ0n) is 8.96. The summed E-state index contributed by atoms with van der Waals surface area (Å²) in [5, 5.41) is 1.34. The fourth-order valence-electron chi connectivity index (χ4n) is 1.67. The molecule has 0 N–H and O–H groups in total. The highest BCUT2D eigenvalue weighted by Gasteiger charge is 2.14. The van der Waals surface area contributed by atoms with Crippen LogP contribution >= 0.6 is 11.3 Å². The number of nitrogens with zero attached hydrogens (tertiary/aromatic N) is 1. The maximum atomic E-state index is 3.78. The second kappa shape index (κ2) is 4.90. The Morgan fingerprint density at radius 3 is 2.80 bits per heavy atom. The molecule has 0 saturated heterocycles. The summed E-state index contributed by atoms with van der Waals surface area (Å²) in [6.07, 6.45) is 1.94. The number of allylic oxidation sites excluding steroid dienone is 1. The number of thiazole rings is 1. The van der Waals surface area contributed by atoms with Crippen molar-refractivity contribution < 1.29 is 21.5 Å². The molecule has 0 fully saturated rings. The molecule has 0 saturated carbocycles. The second-order valence-corrected chi connectivity index (χ2v) is 4.73. The van der Waals surface area contributed by atoms with E-state index in [2.05, 4.69) is 43.2 Å². The first kappa shape index (κ1) is 12.4. The van der Waals surface area contributed by atoms with E-state index in [1.165, 1.54) is 20.8 Å². The number of rotatable bonds is 2. The van der Waals surface area contributed by atoms with Gasteiger partial charge in [-0.3, -0.25) is 0 Å². The monoisotopic (exact) mass is 283 g/mol. The van der Waals surface area contributed by atoms with Crippen LogP contribution in [-0.2, 0) is 6.54 Å². The van der Waals surface area contributed by atoms with E-state index < -0.39 is 0 Å². The van der Waals surface area contributed by atoms with Crippen molar-refractivity contribution in [2.24, 2.45) is 0 Å². The molecular formula is C12H14BrNS. The Balaban J connectivity index is 0.00000112. The van der Waals surface area contributed by atoms with Crippen molar-refractivity contribution in [1.82, 2.24) is 0 Å². The minimum atomic E-state index is 0. The summed E-state index contributed by atoms with van der Waals surface area (Å²) in [5.41, 5.74) is 2.64. The van der Waals surface area contributed by atoms with Crippen LogP contribution in [0.5, 0.6) is 0 Å². The van der Waals surface area contributed by atoms with Crippen molar-refractivity contribution in [2.75, 3.05) is 0 Å². The summed E-state index contributed by atoms with van der Waals surface area (Å²) < 4.78 is 3.66. The summed E-state index contributed by atoms with van der Waals surface area (Å²) in [5.74, 6) is 0. The molecule has 2 rings (SSSR count). The summed E-state index contributed by atoms with van der Waals surface area (Å²) in [4.78, 5) is 0. The molecule has 0 aliphatic rings. The first-order valence-electron chi connectivity index (χ1n) is 4.73. The van der Waals surface area contributed by atoms with Crippen molar-refractivity contribution >= 4 is 21.6 Å². The van der Waals surface area contributed by atoms with Gasteiger partial charge in [0, 0.05) is 13.0 Å². The fourth-order valence-corrected chi connectivity index (χ4v) is 2.79. The minimum Gasteiger partial charge on any atom is -1.00 e. The lowest BCUT2D eigenvalue weighted by Crippen LogP contribution is -3.00. The minimum absolute atomic E-state index is 0. The molecule has 0 unspecified atom stereocenters. The van der Waals surface area contributed by atoms with Gasteiger partial charge in [-0.1, -0.05) is 24.0 Å². The van der Waals surface area contributed by atoms with Crippen LogP contribution in [0.3, 0.4) is 0 Å².